The van der Waals surface area contributed by atoms with E-state index < -0.39 is 0 Å². The molecule has 2 rings (SSSR count). The summed E-state index contributed by atoms with van der Waals surface area (Å²) in [4.78, 5) is 12.3. The van der Waals surface area contributed by atoms with Crippen LogP contribution in [0.15, 0.2) is 12.1 Å². The molecule has 17 heavy (non-hydrogen) atoms. The van der Waals surface area contributed by atoms with Gasteiger partial charge in [-0.15, -0.1) is 0 Å². The van der Waals surface area contributed by atoms with Gasteiger partial charge in [0, 0.05) is 5.92 Å². The molecule has 2 nitrogen and oxygen atoms in total. The first-order valence-corrected chi connectivity index (χ1v) is 6.50. The standard InChI is InChI=1S/C14H17ClO2/c1-9-7-11(14(17)12(15)8-9)13(16)10-5-3-2-4-6-10/h7-8,10,17H,2-6H2,1H3. The van der Waals surface area contributed by atoms with Crippen molar-refractivity contribution in [2.24, 2.45) is 5.92 Å². The fourth-order valence-electron chi connectivity index (χ4n) is 2.51. The van der Waals surface area contributed by atoms with E-state index >= 15 is 0 Å². The minimum absolute atomic E-state index is 0.0489. The van der Waals surface area contributed by atoms with E-state index in [1.165, 1.54) is 6.42 Å². The maximum absolute atomic E-state index is 12.3. The molecule has 0 atom stereocenters. The zero-order chi connectivity index (χ0) is 12.4. The molecule has 3 heteroatoms. The minimum atomic E-state index is -0.0622. The second-order valence-corrected chi connectivity index (χ2v) is 5.25. The van der Waals surface area contributed by atoms with Crippen molar-refractivity contribution in [1.29, 1.82) is 0 Å². The smallest absolute Gasteiger partial charge is 0.169 e. The molecule has 0 amide bonds. The molecule has 0 unspecified atom stereocenters. The number of hydrogen-bond acceptors (Lipinski definition) is 2. The lowest BCUT2D eigenvalue weighted by Gasteiger charge is -2.21. The van der Waals surface area contributed by atoms with Crippen LogP contribution in [0.5, 0.6) is 5.75 Å². The van der Waals surface area contributed by atoms with Crippen molar-refractivity contribution in [1.82, 2.24) is 0 Å². The number of phenolic OH excluding ortho intramolecular Hbond substituents is 1. The molecule has 1 saturated carbocycles. The average Bonchev–Trinajstić information content (AvgIpc) is 2.34. The van der Waals surface area contributed by atoms with Crippen molar-refractivity contribution in [3.63, 3.8) is 0 Å². The molecule has 0 aliphatic heterocycles. The number of halogens is 1. The monoisotopic (exact) mass is 252 g/mol. The number of hydrogen-bond donors (Lipinski definition) is 1. The first kappa shape index (κ1) is 12.4. The van der Waals surface area contributed by atoms with Crippen molar-refractivity contribution < 1.29 is 9.90 Å². The van der Waals surface area contributed by atoms with Gasteiger partial charge in [-0.25, -0.2) is 0 Å². The lowest BCUT2D eigenvalue weighted by molar-refractivity contribution is 0.0886. The number of benzene rings is 1. The number of ketones is 1. The number of phenols is 1. The summed E-state index contributed by atoms with van der Waals surface area (Å²) >= 11 is 5.90. The fourth-order valence-corrected chi connectivity index (χ4v) is 2.78. The second-order valence-electron chi connectivity index (χ2n) is 4.84. The van der Waals surface area contributed by atoms with Gasteiger partial charge in [-0.3, -0.25) is 4.79 Å². The zero-order valence-electron chi connectivity index (χ0n) is 10.0. The largest absolute Gasteiger partial charge is 0.506 e. The highest BCUT2D eigenvalue weighted by Crippen LogP contribution is 2.34. The highest BCUT2D eigenvalue weighted by atomic mass is 35.5. The average molecular weight is 253 g/mol. The van der Waals surface area contributed by atoms with E-state index in [1.807, 2.05) is 6.92 Å². The third-order valence-corrected chi connectivity index (χ3v) is 3.74. The fraction of sp³-hybridized carbons (Fsp3) is 0.500. The molecule has 0 bridgehead atoms. The van der Waals surface area contributed by atoms with Crippen LogP contribution in [0.3, 0.4) is 0 Å². The van der Waals surface area contributed by atoms with Gasteiger partial charge in [-0.2, -0.15) is 0 Å². The van der Waals surface area contributed by atoms with Gasteiger partial charge < -0.3 is 5.11 Å². The van der Waals surface area contributed by atoms with Crippen molar-refractivity contribution >= 4 is 17.4 Å². The predicted molar refractivity (Wildman–Crippen MR) is 68.8 cm³/mol. The molecule has 0 heterocycles. The third-order valence-electron chi connectivity index (χ3n) is 3.45. The van der Waals surface area contributed by atoms with E-state index in [0.29, 0.717) is 5.56 Å². The SMILES string of the molecule is Cc1cc(Cl)c(O)c(C(=O)C2CCCCC2)c1. The van der Waals surface area contributed by atoms with E-state index in [2.05, 4.69) is 0 Å². The van der Waals surface area contributed by atoms with Crippen molar-refractivity contribution in [2.75, 3.05) is 0 Å². The normalized spacial score (nSPS) is 17.1. The van der Waals surface area contributed by atoms with Crippen LogP contribution >= 0.6 is 11.6 Å². The number of carbonyl (C=O) groups excluding carboxylic acids is 1. The van der Waals surface area contributed by atoms with Crippen LogP contribution in [-0.2, 0) is 0 Å². The summed E-state index contributed by atoms with van der Waals surface area (Å²) in [5, 5.41) is 10.1. The minimum Gasteiger partial charge on any atom is -0.506 e. The summed E-state index contributed by atoms with van der Waals surface area (Å²) in [7, 11) is 0. The molecule has 1 aliphatic carbocycles. The molecular weight excluding hydrogens is 236 g/mol. The Morgan fingerprint density at radius 1 is 1.29 bits per heavy atom. The maximum atomic E-state index is 12.3. The molecule has 92 valence electrons. The van der Waals surface area contributed by atoms with Crippen LogP contribution in [0.2, 0.25) is 5.02 Å². The molecule has 1 aromatic carbocycles. The summed E-state index contributed by atoms with van der Waals surface area (Å²) in [6.07, 6.45) is 5.30. The van der Waals surface area contributed by atoms with E-state index in [9.17, 15) is 9.90 Å². The molecule has 0 spiro atoms. The number of rotatable bonds is 2. The van der Waals surface area contributed by atoms with Gasteiger partial charge in [0.25, 0.3) is 0 Å². The Kier molecular flexibility index (Phi) is 3.72. The van der Waals surface area contributed by atoms with E-state index in [-0.39, 0.29) is 22.5 Å². The summed E-state index contributed by atoms with van der Waals surface area (Å²) in [5.74, 6) is 0.0492. The first-order chi connectivity index (χ1) is 8.09. The number of carbonyl (C=O) groups is 1. The molecule has 0 aromatic heterocycles. The van der Waals surface area contributed by atoms with Crippen LogP contribution in [0, 0.1) is 12.8 Å². The van der Waals surface area contributed by atoms with Gasteiger partial charge in [0.15, 0.2) is 5.78 Å². The van der Waals surface area contributed by atoms with Crippen LogP contribution in [0.4, 0.5) is 0 Å². The van der Waals surface area contributed by atoms with Crippen LogP contribution in [-0.4, -0.2) is 10.9 Å². The van der Waals surface area contributed by atoms with E-state index in [4.69, 9.17) is 11.6 Å². The summed E-state index contributed by atoms with van der Waals surface area (Å²) in [6, 6.07) is 3.41. The van der Waals surface area contributed by atoms with E-state index in [0.717, 1.165) is 31.2 Å². The highest BCUT2D eigenvalue weighted by Gasteiger charge is 2.25. The summed E-state index contributed by atoms with van der Waals surface area (Å²) < 4.78 is 0. The van der Waals surface area contributed by atoms with Gasteiger partial charge in [0.1, 0.15) is 5.75 Å². The Morgan fingerprint density at radius 2 is 1.94 bits per heavy atom. The Hall–Kier alpha value is -1.02. The molecule has 1 fully saturated rings. The first-order valence-electron chi connectivity index (χ1n) is 6.13. The van der Waals surface area contributed by atoms with Crippen molar-refractivity contribution in [3.8, 4) is 5.75 Å². The molecule has 0 saturated heterocycles. The quantitative estimate of drug-likeness (QED) is 0.804. The molecule has 1 aliphatic rings. The molecule has 0 radical (unpaired) electrons. The topological polar surface area (TPSA) is 37.3 Å². The molecular formula is C14H17ClO2. The lowest BCUT2D eigenvalue weighted by atomic mass is 9.83. The van der Waals surface area contributed by atoms with E-state index in [1.54, 1.807) is 12.1 Å². The van der Waals surface area contributed by atoms with Crippen molar-refractivity contribution in [3.05, 3.63) is 28.3 Å². The number of Topliss-reactive ketones (excluding diaryl/α,β-unsaturated/α-hetero) is 1. The van der Waals surface area contributed by atoms with Gasteiger partial charge >= 0.3 is 0 Å². The third kappa shape index (κ3) is 2.63. The second kappa shape index (κ2) is 5.09. The maximum Gasteiger partial charge on any atom is 0.169 e. The lowest BCUT2D eigenvalue weighted by Crippen LogP contribution is -2.18. The Balaban J connectivity index is 2.29. The van der Waals surface area contributed by atoms with Crippen LogP contribution in [0.25, 0.3) is 0 Å². The van der Waals surface area contributed by atoms with Crippen molar-refractivity contribution in [2.45, 2.75) is 39.0 Å². The molecule has 1 aromatic rings. The summed E-state index contributed by atoms with van der Waals surface area (Å²) in [5.41, 5.74) is 1.30. The van der Waals surface area contributed by atoms with Crippen LogP contribution < -0.4 is 0 Å². The van der Waals surface area contributed by atoms with Gasteiger partial charge in [0.05, 0.1) is 10.6 Å². The van der Waals surface area contributed by atoms with Gasteiger partial charge in [-0.05, 0) is 37.5 Å². The number of aromatic hydroxyl groups is 1. The molecule has 1 N–H and O–H groups in total. The van der Waals surface area contributed by atoms with Gasteiger partial charge in [0.2, 0.25) is 0 Å². The Morgan fingerprint density at radius 3 is 2.59 bits per heavy atom. The van der Waals surface area contributed by atoms with Crippen LogP contribution in [0.1, 0.15) is 48.0 Å². The Bertz CT molecular complexity index is 434. The van der Waals surface area contributed by atoms with Gasteiger partial charge in [-0.1, -0.05) is 30.9 Å². The Labute approximate surface area is 107 Å². The number of aryl methyl sites for hydroxylation is 1. The zero-order valence-corrected chi connectivity index (χ0v) is 10.8. The summed E-state index contributed by atoms with van der Waals surface area (Å²) in [6.45, 7) is 1.88. The predicted octanol–water partition coefficient (Wildman–Crippen LogP) is 4.12. The highest BCUT2D eigenvalue weighted by molar-refractivity contribution is 6.32.